The fourth-order valence-electron chi connectivity index (χ4n) is 2.85. The minimum Gasteiger partial charge on any atom is -0.331 e. The van der Waals surface area contributed by atoms with Gasteiger partial charge in [0.1, 0.15) is 5.82 Å². The highest BCUT2D eigenvalue weighted by Gasteiger charge is 2.24. The van der Waals surface area contributed by atoms with Crippen molar-refractivity contribution in [3.05, 3.63) is 29.6 Å². The predicted octanol–water partition coefficient (Wildman–Crippen LogP) is 1.71. The van der Waals surface area contributed by atoms with Gasteiger partial charge in [-0.2, -0.15) is 0 Å². The number of aryl methyl sites for hydroxylation is 2. The van der Waals surface area contributed by atoms with Crippen LogP contribution >= 0.6 is 0 Å². The number of nitrogens with two attached hydrogens (primary N) is 1. The van der Waals surface area contributed by atoms with Crippen molar-refractivity contribution in [1.82, 2.24) is 14.9 Å². The van der Waals surface area contributed by atoms with Crippen LogP contribution in [0.5, 0.6) is 0 Å². The molecule has 1 saturated carbocycles. The third-order valence-electron chi connectivity index (χ3n) is 4.20. The highest BCUT2D eigenvalue weighted by Crippen LogP contribution is 2.24. The monoisotopic (exact) mass is 258 g/mol. The van der Waals surface area contributed by atoms with Gasteiger partial charge in [-0.1, -0.05) is 6.07 Å². The SMILES string of the molecule is Cc1nc2cc(CNCC3CC(N)C3)ccc2n1C. The zero-order valence-electron chi connectivity index (χ0n) is 11.7. The van der Waals surface area contributed by atoms with Crippen LogP contribution in [0, 0.1) is 12.8 Å². The van der Waals surface area contributed by atoms with Crippen molar-refractivity contribution in [1.29, 1.82) is 0 Å². The molecule has 0 radical (unpaired) electrons. The van der Waals surface area contributed by atoms with E-state index < -0.39 is 0 Å². The van der Waals surface area contributed by atoms with Gasteiger partial charge in [-0.25, -0.2) is 4.98 Å². The van der Waals surface area contributed by atoms with Crippen molar-refractivity contribution < 1.29 is 0 Å². The molecule has 0 unspecified atom stereocenters. The van der Waals surface area contributed by atoms with E-state index in [1.807, 2.05) is 6.92 Å². The molecule has 0 atom stereocenters. The van der Waals surface area contributed by atoms with E-state index in [4.69, 9.17) is 5.73 Å². The molecule has 0 spiro atoms. The molecule has 1 aromatic heterocycles. The normalized spacial score (nSPS) is 22.7. The zero-order chi connectivity index (χ0) is 13.4. The van der Waals surface area contributed by atoms with E-state index in [2.05, 4.69) is 40.1 Å². The van der Waals surface area contributed by atoms with Gasteiger partial charge in [0.25, 0.3) is 0 Å². The van der Waals surface area contributed by atoms with Gasteiger partial charge in [0.05, 0.1) is 11.0 Å². The Balaban J connectivity index is 1.62. The molecule has 4 nitrogen and oxygen atoms in total. The fraction of sp³-hybridized carbons (Fsp3) is 0.533. The van der Waals surface area contributed by atoms with Gasteiger partial charge in [0.2, 0.25) is 0 Å². The van der Waals surface area contributed by atoms with Gasteiger partial charge in [-0.05, 0) is 49.9 Å². The molecule has 3 rings (SSSR count). The number of imidazole rings is 1. The lowest BCUT2D eigenvalue weighted by molar-refractivity contribution is 0.256. The second kappa shape index (κ2) is 4.94. The van der Waals surface area contributed by atoms with Crippen LogP contribution in [0.2, 0.25) is 0 Å². The first-order chi connectivity index (χ1) is 9.13. The van der Waals surface area contributed by atoms with Gasteiger partial charge in [0, 0.05) is 19.6 Å². The summed E-state index contributed by atoms with van der Waals surface area (Å²) in [4.78, 5) is 4.57. The first kappa shape index (κ1) is 12.6. The van der Waals surface area contributed by atoms with E-state index in [0.717, 1.165) is 30.3 Å². The Hall–Kier alpha value is -1.39. The number of aromatic nitrogens is 2. The molecule has 4 heteroatoms. The highest BCUT2D eigenvalue weighted by molar-refractivity contribution is 5.76. The van der Waals surface area contributed by atoms with Gasteiger partial charge in [0.15, 0.2) is 0 Å². The van der Waals surface area contributed by atoms with Crippen LogP contribution in [0.1, 0.15) is 24.2 Å². The average molecular weight is 258 g/mol. The third kappa shape index (κ3) is 2.51. The number of nitrogens with one attached hydrogen (secondary N) is 1. The summed E-state index contributed by atoms with van der Waals surface area (Å²) in [5, 5.41) is 3.52. The summed E-state index contributed by atoms with van der Waals surface area (Å²) < 4.78 is 2.13. The van der Waals surface area contributed by atoms with Crippen LogP contribution < -0.4 is 11.1 Å². The molecule has 2 aromatic rings. The van der Waals surface area contributed by atoms with Gasteiger partial charge in [-0.3, -0.25) is 0 Å². The van der Waals surface area contributed by atoms with Crippen LogP contribution in [0.15, 0.2) is 18.2 Å². The molecule has 19 heavy (non-hydrogen) atoms. The molecule has 1 aliphatic carbocycles. The Kier molecular flexibility index (Phi) is 3.29. The van der Waals surface area contributed by atoms with Crippen molar-refractivity contribution >= 4 is 11.0 Å². The Morgan fingerprint density at radius 1 is 1.42 bits per heavy atom. The second-order valence-electron chi connectivity index (χ2n) is 5.77. The summed E-state index contributed by atoms with van der Waals surface area (Å²) in [6.07, 6.45) is 2.34. The first-order valence-electron chi connectivity index (χ1n) is 7.01. The maximum absolute atomic E-state index is 5.79. The van der Waals surface area contributed by atoms with E-state index >= 15 is 0 Å². The number of fused-ring (bicyclic) bond motifs is 1. The van der Waals surface area contributed by atoms with E-state index in [1.54, 1.807) is 0 Å². The lowest BCUT2D eigenvalue weighted by Gasteiger charge is -2.32. The first-order valence-corrected chi connectivity index (χ1v) is 7.01. The van der Waals surface area contributed by atoms with Crippen molar-refractivity contribution in [3.8, 4) is 0 Å². The Bertz CT molecular complexity index is 581. The molecular formula is C15H22N4. The minimum absolute atomic E-state index is 0.444. The number of hydrogen-bond donors (Lipinski definition) is 2. The Morgan fingerprint density at radius 3 is 2.95 bits per heavy atom. The van der Waals surface area contributed by atoms with E-state index in [-0.39, 0.29) is 0 Å². The van der Waals surface area contributed by atoms with Crippen LogP contribution in [0.3, 0.4) is 0 Å². The highest BCUT2D eigenvalue weighted by atomic mass is 15.0. The van der Waals surface area contributed by atoms with E-state index in [1.165, 1.54) is 23.9 Å². The van der Waals surface area contributed by atoms with E-state index in [9.17, 15) is 0 Å². The predicted molar refractivity (Wildman–Crippen MR) is 77.9 cm³/mol. The average Bonchev–Trinajstić information content (AvgIpc) is 2.63. The van der Waals surface area contributed by atoms with Crippen molar-refractivity contribution in [3.63, 3.8) is 0 Å². The fourth-order valence-corrected chi connectivity index (χ4v) is 2.85. The maximum Gasteiger partial charge on any atom is 0.106 e. The van der Waals surface area contributed by atoms with Gasteiger partial charge < -0.3 is 15.6 Å². The standard InChI is InChI=1S/C15H22N4/c1-10-18-14-7-11(3-4-15(14)19(10)2)8-17-9-12-5-13(16)6-12/h3-4,7,12-13,17H,5-6,8-9,16H2,1-2H3. The Morgan fingerprint density at radius 2 is 2.21 bits per heavy atom. The Labute approximate surface area is 114 Å². The summed E-state index contributed by atoms with van der Waals surface area (Å²) in [6.45, 7) is 4.03. The summed E-state index contributed by atoms with van der Waals surface area (Å²) in [7, 11) is 2.06. The molecule has 1 fully saturated rings. The number of hydrogen-bond acceptors (Lipinski definition) is 3. The van der Waals surface area contributed by atoms with Gasteiger partial charge >= 0.3 is 0 Å². The smallest absolute Gasteiger partial charge is 0.106 e. The molecule has 3 N–H and O–H groups in total. The topological polar surface area (TPSA) is 55.9 Å². The molecule has 1 heterocycles. The molecule has 102 valence electrons. The molecule has 1 aliphatic rings. The van der Waals surface area contributed by atoms with Crippen LogP contribution in [-0.4, -0.2) is 22.1 Å². The minimum atomic E-state index is 0.444. The van der Waals surface area contributed by atoms with Crippen LogP contribution in [-0.2, 0) is 13.6 Å². The van der Waals surface area contributed by atoms with E-state index in [0.29, 0.717) is 6.04 Å². The second-order valence-corrected chi connectivity index (χ2v) is 5.77. The summed E-state index contributed by atoms with van der Waals surface area (Å²) >= 11 is 0. The number of benzene rings is 1. The zero-order valence-corrected chi connectivity index (χ0v) is 11.7. The summed E-state index contributed by atoms with van der Waals surface area (Å²) in [5.41, 5.74) is 9.38. The van der Waals surface area contributed by atoms with Crippen LogP contribution in [0.4, 0.5) is 0 Å². The number of rotatable bonds is 4. The maximum atomic E-state index is 5.79. The van der Waals surface area contributed by atoms with Crippen molar-refractivity contribution in [2.75, 3.05) is 6.54 Å². The van der Waals surface area contributed by atoms with Crippen molar-refractivity contribution in [2.45, 2.75) is 32.4 Å². The lowest BCUT2D eigenvalue weighted by Crippen LogP contribution is -2.41. The molecule has 0 aliphatic heterocycles. The molecule has 0 saturated heterocycles. The van der Waals surface area contributed by atoms with Gasteiger partial charge in [-0.15, -0.1) is 0 Å². The summed E-state index contributed by atoms with van der Waals surface area (Å²) in [6, 6.07) is 6.97. The molecule has 0 bridgehead atoms. The van der Waals surface area contributed by atoms with Crippen molar-refractivity contribution in [2.24, 2.45) is 18.7 Å². The number of nitrogens with zero attached hydrogens (tertiary/aromatic N) is 2. The van der Waals surface area contributed by atoms with Crippen LogP contribution in [0.25, 0.3) is 11.0 Å². The molecule has 0 amide bonds. The summed E-state index contributed by atoms with van der Waals surface area (Å²) in [5.74, 6) is 1.83. The lowest BCUT2D eigenvalue weighted by atomic mass is 9.81. The largest absolute Gasteiger partial charge is 0.331 e. The quantitative estimate of drug-likeness (QED) is 0.878. The molecule has 1 aromatic carbocycles. The molecular weight excluding hydrogens is 236 g/mol. The third-order valence-corrected chi connectivity index (χ3v) is 4.20.